The van der Waals surface area contributed by atoms with Crippen LogP contribution in [-0.4, -0.2) is 29.7 Å². The minimum Gasteiger partial charge on any atom is -0.395 e. The third-order valence-electron chi connectivity index (χ3n) is 2.25. The predicted molar refractivity (Wildman–Crippen MR) is 71.8 cm³/mol. The number of nitrogens with zero attached hydrogens (tertiary/aromatic N) is 1. The molecule has 2 nitrogen and oxygen atoms in total. The Bertz CT molecular complexity index is 285. The van der Waals surface area contributed by atoms with Gasteiger partial charge in [-0.3, -0.25) is 4.90 Å². The Morgan fingerprint density at radius 3 is 2.73 bits per heavy atom. The quantitative estimate of drug-likeness (QED) is 0.815. The monoisotopic (exact) mass is 319 g/mol. The molecule has 0 radical (unpaired) electrons. The molecule has 0 amide bonds. The van der Waals surface area contributed by atoms with Gasteiger partial charge >= 0.3 is 0 Å². The van der Waals surface area contributed by atoms with Crippen molar-refractivity contribution in [1.82, 2.24) is 4.90 Å². The van der Waals surface area contributed by atoms with Crippen LogP contribution in [0.3, 0.4) is 0 Å². The van der Waals surface area contributed by atoms with E-state index in [-0.39, 0.29) is 6.61 Å². The topological polar surface area (TPSA) is 23.5 Å². The second-order valence-corrected chi connectivity index (χ2v) is 4.88. The lowest BCUT2D eigenvalue weighted by atomic mass is 10.2. The summed E-state index contributed by atoms with van der Waals surface area (Å²) in [7, 11) is 0. The highest BCUT2D eigenvalue weighted by atomic mass is 127. The van der Waals surface area contributed by atoms with E-state index in [1.807, 2.05) is 0 Å². The van der Waals surface area contributed by atoms with E-state index < -0.39 is 0 Å². The minimum absolute atomic E-state index is 0.240. The van der Waals surface area contributed by atoms with E-state index in [1.54, 1.807) is 0 Å². The van der Waals surface area contributed by atoms with E-state index in [0.717, 1.165) is 26.1 Å². The summed E-state index contributed by atoms with van der Waals surface area (Å²) >= 11 is 2.33. The van der Waals surface area contributed by atoms with Gasteiger partial charge in [0, 0.05) is 16.7 Å². The Morgan fingerprint density at radius 2 is 2.13 bits per heavy atom. The van der Waals surface area contributed by atoms with Gasteiger partial charge in [-0.1, -0.05) is 19.1 Å². The highest BCUT2D eigenvalue weighted by Crippen LogP contribution is 2.10. The molecule has 0 aliphatic heterocycles. The summed E-state index contributed by atoms with van der Waals surface area (Å²) in [4.78, 5) is 2.28. The van der Waals surface area contributed by atoms with E-state index in [0.29, 0.717) is 0 Å². The van der Waals surface area contributed by atoms with E-state index in [4.69, 9.17) is 5.11 Å². The maximum atomic E-state index is 8.95. The van der Waals surface area contributed by atoms with Gasteiger partial charge in [-0.15, -0.1) is 0 Å². The summed E-state index contributed by atoms with van der Waals surface area (Å²) in [6.07, 6.45) is 1.13. The van der Waals surface area contributed by atoms with Gasteiger partial charge in [0.15, 0.2) is 0 Å². The first-order chi connectivity index (χ1) is 7.26. The van der Waals surface area contributed by atoms with Crippen LogP contribution in [0.15, 0.2) is 24.3 Å². The van der Waals surface area contributed by atoms with Crippen molar-refractivity contribution in [3.63, 3.8) is 0 Å². The molecule has 1 rings (SSSR count). The number of hydrogen-bond donors (Lipinski definition) is 1. The molecule has 0 saturated heterocycles. The molecule has 0 spiro atoms. The lowest BCUT2D eigenvalue weighted by Gasteiger charge is -2.20. The molecule has 1 aromatic carbocycles. The van der Waals surface area contributed by atoms with Crippen LogP contribution in [-0.2, 0) is 6.54 Å². The molecule has 84 valence electrons. The van der Waals surface area contributed by atoms with Gasteiger partial charge < -0.3 is 5.11 Å². The van der Waals surface area contributed by atoms with Crippen LogP contribution in [0.2, 0.25) is 0 Å². The van der Waals surface area contributed by atoms with Gasteiger partial charge in [-0.25, -0.2) is 0 Å². The lowest BCUT2D eigenvalue weighted by Crippen LogP contribution is -2.27. The summed E-state index contributed by atoms with van der Waals surface area (Å²) in [6.45, 7) is 5.15. The summed E-state index contributed by atoms with van der Waals surface area (Å²) in [6, 6.07) is 8.52. The molecule has 0 aliphatic carbocycles. The van der Waals surface area contributed by atoms with Crippen LogP contribution in [0.25, 0.3) is 0 Å². The van der Waals surface area contributed by atoms with Gasteiger partial charge in [-0.05, 0) is 53.3 Å². The molecule has 0 aromatic heterocycles. The van der Waals surface area contributed by atoms with Crippen molar-refractivity contribution in [2.45, 2.75) is 19.9 Å². The smallest absolute Gasteiger partial charge is 0.0558 e. The number of aliphatic hydroxyl groups excluding tert-OH is 1. The molecule has 0 fully saturated rings. The second kappa shape index (κ2) is 7.19. The zero-order chi connectivity index (χ0) is 11.1. The summed E-state index contributed by atoms with van der Waals surface area (Å²) < 4.78 is 1.27. The van der Waals surface area contributed by atoms with E-state index in [9.17, 15) is 0 Å². The Balaban J connectivity index is 2.56. The van der Waals surface area contributed by atoms with Crippen molar-refractivity contribution in [3.05, 3.63) is 33.4 Å². The molecule has 0 bridgehead atoms. The number of halogens is 1. The van der Waals surface area contributed by atoms with Crippen LogP contribution in [0.1, 0.15) is 18.9 Å². The lowest BCUT2D eigenvalue weighted by molar-refractivity contribution is 0.190. The molecule has 0 saturated carbocycles. The van der Waals surface area contributed by atoms with Crippen molar-refractivity contribution >= 4 is 22.6 Å². The standard InChI is InChI=1S/C12H18INO/c1-2-6-14(7-8-15)10-11-4-3-5-12(13)9-11/h3-5,9,15H,2,6-8,10H2,1H3. The Labute approximate surface area is 105 Å². The predicted octanol–water partition coefficient (Wildman–Crippen LogP) is 2.50. The van der Waals surface area contributed by atoms with E-state index in [2.05, 4.69) is 58.7 Å². The summed E-state index contributed by atoms with van der Waals surface area (Å²) in [5, 5.41) is 8.95. The van der Waals surface area contributed by atoms with E-state index in [1.165, 1.54) is 9.13 Å². The molecule has 0 aliphatic rings. The Kier molecular flexibility index (Phi) is 6.20. The van der Waals surface area contributed by atoms with Crippen LogP contribution in [0.4, 0.5) is 0 Å². The molecule has 3 heteroatoms. The van der Waals surface area contributed by atoms with Gasteiger partial charge in [0.05, 0.1) is 6.61 Å². The van der Waals surface area contributed by atoms with Gasteiger partial charge in [0.2, 0.25) is 0 Å². The number of hydrogen-bond acceptors (Lipinski definition) is 2. The maximum Gasteiger partial charge on any atom is 0.0558 e. The third-order valence-corrected chi connectivity index (χ3v) is 2.92. The first-order valence-electron chi connectivity index (χ1n) is 5.34. The van der Waals surface area contributed by atoms with Crippen molar-refractivity contribution in [1.29, 1.82) is 0 Å². The Hall–Kier alpha value is -0.130. The Morgan fingerprint density at radius 1 is 1.33 bits per heavy atom. The first-order valence-corrected chi connectivity index (χ1v) is 6.41. The largest absolute Gasteiger partial charge is 0.395 e. The van der Waals surface area contributed by atoms with Crippen LogP contribution in [0, 0.1) is 3.57 Å². The normalized spacial score (nSPS) is 10.9. The second-order valence-electron chi connectivity index (χ2n) is 3.63. The van der Waals surface area contributed by atoms with Crippen molar-refractivity contribution in [2.24, 2.45) is 0 Å². The summed E-state index contributed by atoms with van der Waals surface area (Å²) in [5.74, 6) is 0. The fourth-order valence-electron chi connectivity index (χ4n) is 1.62. The fraction of sp³-hybridized carbons (Fsp3) is 0.500. The van der Waals surface area contributed by atoms with Crippen LogP contribution in [0.5, 0.6) is 0 Å². The zero-order valence-electron chi connectivity index (χ0n) is 9.12. The van der Waals surface area contributed by atoms with E-state index >= 15 is 0 Å². The van der Waals surface area contributed by atoms with Crippen LogP contribution >= 0.6 is 22.6 Å². The van der Waals surface area contributed by atoms with Crippen LogP contribution < -0.4 is 0 Å². The fourth-order valence-corrected chi connectivity index (χ4v) is 2.23. The molecule has 1 aromatic rings. The third kappa shape index (κ3) is 4.95. The average molecular weight is 319 g/mol. The van der Waals surface area contributed by atoms with Crippen molar-refractivity contribution in [2.75, 3.05) is 19.7 Å². The molecular weight excluding hydrogens is 301 g/mol. The molecule has 0 atom stereocenters. The summed E-state index contributed by atoms with van der Waals surface area (Å²) in [5.41, 5.74) is 1.32. The SMILES string of the molecule is CCCN(CCO)Cc1cccc(I)c1. The van der Waals surface area contributed by atoms with Gasteiger partial charge in [0.25, 0.3) is 0 Å². The molecule has 15 heavy (non-hydrogen) atoms. The van der Waals surface area contributed by atoms with Gasteiger partial charge in [0.1, 0.15) is 0 Å². The molecule has 0 unspecified atom stereocenters. The molecule has 1 N–H and O–H groups in total. The first kappa shape index (κ1) is 12.9. The molecule has 0 heterocycles. The average Bonchev–Trinajstić information content (AvgIpc) is 2.18. The highest BCUT2D eigenvalue weighted by molar-refractivity contribution is 14.1. The molecular formula is C12H18INO. The number of benzene rings is 1. The van der Waals surface area contributed by atoms with Gasteiger partial charge in [-0.2, -0.15) is 0 Å². The highest BCUT2D eigenvalue weighted by Gasteiger charge is 2.04. The maximum absolute atomic E-state index is 8.95. The number of aliphatic hydroxyl groups is 1. The zero-order valence-corrected chi connectivity index (χ0v) is 11.3. The van der Waals surface area contributed by atoms with Crippen molar-refractivity contribution < 1.29 is 5.11 Å². The minimum atomic E-state index is 0.240. The van der Waals surface area contributed by atoms with Crippen molar-refractivity contribution in [3.8, 4) is 0 Å². The number of rotatable bonds is 6.